The number of carbonyl (C=O) groups is 2. The Morgan fingerprint density at radius 3 is 2.60 bits per heavy atom. The maximum atomic E-state index is 12.6. The van der Waals surface area contributed by atoms with Gasteiger partial charge >= 0.3 is 0 Å². The molecule has 2 aromatic carbocycles. The minimum Gasteiger partial charge on any atom is -0.339 e. The number of nitrogens with zero attached hydrogens (tertiary/aromatic N) is 2. The lowest BCUT2D eigenvalue weighted by Crippen LogP contribution is -2.39. The summed E-state index contributed by atoms with van der Waals surface area (Å²) in [4.78, 5) is 29.5. The van der Waals surface area contributed by atoms with Gasteiger partial charge < -0.3 is 9.80 Å². The Bertz CT molecular complexity index is 763. The van der Waals surface area contributed by atoms with Gasteiger partial charge in [-0.1, -0.05) is 42.5 Å². The van der Waals surface area contributed by atoms with Gasteiger partial charge in [-0.2, -0.15) is 0 Å². The maximum Gasteiger partial charge on any atom is 0.237 e. The van der Waals surface area contributed by atoms with Crippen molar-refractivity contribution in [2.75, 3.05) is 24.2 Å². The van der Waals surface area contributed by atoms with Crippen molar-refractivity contribution in [2.45, 2.75) is 24.3 Å². The molecule has 0 saturated carbocycles. The quantitative estimate of drug-likeness (QED) is 0.821. The molecule has 0 aromatic heterocycles. The number of carbonyl (C=O) groups excluding carboxylic acids is 2. The average molecular weight is 354 g/mol. The largest absolute Gasteiger partial charge is 0.339 e. The number of amides is 2. The Kier molecular flexibility index (Phi) is 5.43. The van der Waals surface area contributed by atoms with Gasteiger partial charge in [0.25, 0.3) is 0 Å². The van der Waals surface area contributed by atoms with Gasteiger partial charge in [0.05, 0.1) is 17.5 Å². The lowest BCUT2D eigenvalue weighted by atomic mass is 10.1. The van der Waals surface area contributed by atoms with Crippen molar-refractivity contribution in [1.29, 1.82) is 0 Å². The lowest BCUT2D eigenvalue weighted by molar-refractivity contribution is -0.131. The summed E-state index contributed by atoms with van der Waals surface area (Å²) >= 11 is 1.56. The van der Waals surface area contributed by atoms with Crippen molar-refractivity contribution in [1.82, 2.24) is 4.90 Å². The molecule has 1 atom stereocenters. The first-order valence-electron chi connectivity index (χ1n) is 8.40. The highest BCUT2D eigenvalue weighted by atomic mass is 32.2. The number of benzene rings is 2. The third-order valence-corrected chi connectivity index (χ3v) is 5.66. The summed E-state index contributed by atoms with van der Waals surface area (Å²) in [5.41, 5.74) is 2.02. The monoisotopic (exact) mass is 354 g/mol. The fourth-order valence-corrected chi connectivity index (χ4v) is 3.89. The van der Waals surface area contributed by atoms with Crippen molar-refractivity contribution in [3.05, 3.63) is 60.2 Å². The van der Waals surface area contributed by atoms with Crippen LogP contribution in [0.15, 0.2) is 59.5 Å². The first-order chi connectivity index (χ1) is 12.1. The summed E-state index contributed by atoms with van der Waals surface area (Å²) in [6, 6.07) is 17.8. The molecule has 1 aliphatic rings. The van der Waals surface area contributed by atoms with Gasteiger partial charge in [-0.25, -0.2) is 0 Å². The predicted molar refractivity (Wildman–Crippen MR) is 102 cm³/mol. The van der Waals surface area contributed by atoms with E-state index in [0.717, 1.165) is 16.1 Å². The molecule has 0 aliphatic carbocycles. The molecular weight excluding hydrogens is 332 g/mol. The third-order valence-electron chi connectivity index (χ3n) is 4.61. The number of anilines is 1. The summed E-state index contributed by atoms with van der Waals surface area (Å²) in [5.74, 6) is 0.539. The SMILES string of the molecule is CC(c1ccccc1)N(C)C(=O)CCN1C(=O)CSc2ccccc21. The number of fused-ring (bicyclic) bond motifs is 1. The van der Waals surface area contributed by atoms with Crippen molar-refractivity contribution < 1.29 is 9.59 Å². The van der Waals surface area contributed by atoms with Crippen LogP contribution in [0, 0.1) is 0 Å². The Morgan fingerprint density at radius 1 is 1.16 bits per heavy atom. The Balaban J connectivity index is 1.65. The molecule has 0 spiro atoms. The molecule has 0 radical (unpaired) electrons. The number of thioether (sulfide) groups is 1. The van der Waals surface area contributed by atoms with E-state index < -0.39 is 0 Å². The molecule has 5 heteroatoms. The molecule has 130 valence electrons. The van der Waals surface area contributed by atoms with Gasteiger partial charge in [0.1, 0.15) is 0 Å². The summed E-state index contributed by atoms with van der Waals surface area (Å²) in [5, 5.41) is 0. The molecular formula is C20H22N2O2S. The summed E-state index contributed by atoms with van der Waals surface area (Å²) < 4.78 is 0. The second-order valence-electron chi connectivity index (χ2n) is 6.14. The van der Waals surface area contributed by atoms with Crippen molar-refractivity contribution in [3.63, 3.8) is 0 Å². The van der Waals surface area contributed by atoms with Gasteiger partial charge in [-0.05, 0) is 24.6 Å². The topological polar surface area (TPSA) is 40.6 Å². The van der Waals surface area contributed by atoms with Crippen molar-refractivity contribution in [3.8, 4) is 0 Å². The van der Waals surface area contributed by atoms with E-state index in [1.165, 1.54) is 0 Å². The molecule has 0 fully saturated rings. The van der Waals surface area contributed by atoms with Crippen LogP contribution in [0.3, 0.4) is 0 Å². The zero-order valence-electron chi connectivity index (χ0n) is 14.5. The zero-order chi connectivity index (χ0) is 17.8. The molecule has 0 bridgehead atoms. The van der Waals surface area contributed by atoms with Gasteiger partial charge in [-0.3, -0.25) is 9.59 Å². The Hall–Kier alpha value is -2.27. The Morgan fingerprint density at radius 2 is 1.84 bits per heavy atom. The molecule has 1 aliphatic heterocycles. The van der Waals surface area contributed by atoms with Crippen LogP contribution in [0.5, 0.6) is 0 Å². The fourth-order valence-electron chi connectivity index (χ4n) is 2.95. The lowest BCUT2D eigenvalue weighted by Gasteiger charge is -2.30. The van der Waals surface area contributed by atoms with Crippen LogP contribution in [0.25, 0.3) is 0 Å². The summed E-state index contributed by atoms with van der Waals surface area (Å²) in [6.07, 6.45) is 0.318. The highest BCUT2D eigenvalue weighted by Crippen LogP contribution is 2.35. The number of hydrogen-bond donors (Lipinski definition) is 0. The van der Waals surface area contributed by atoms with E-state index in [4.69, 9.17) is 0 Å². The van der Waals surface area contributed by atoms with Gasteiger partial charge in [-0.15, -0.1) is 11.8 Å². The van der Waals surface area contributed by atoms with E-state index in [2.05, 4.69) is 0 Å². The second-order valence-corrected chi connectivity index (χ2v) is 7.16. The Labute approximate surface area is 152 Å². The van der Waals surface area contributed by atoms with Crippen LogP contribution in [-0.4, -0.2) is 36.1 Å². The maximum absolute atomic E-state index is 12.6. The molecule has 2 amide bonds. The number of hydrogen-bond acceptors (Lipinski definition) is 3. The first-order valence-corrected chi connectivity index (χ1v) is 9.39. The average Bonchev–Trinajstić information content (AvgIpc) is 2.66. The second kappa shape index (κ2) is 7.74. The first kappa shape index (κ1) is 17.5. The van der Waals surface area contributed by atoms with Gasteiger partial charge in [0, 0.05) is 24.9 Å². The zero-order valence-corrected chi connectivity index (χ0v) is 15.3. The predicted octanol–water partition coefficient (Wildman–Crippen LogP) is 3.74. The van der Waals surface area contributed by atoms with Crippen LogP contribution in [0.1, 0.15) is 24.9 Å². The molecule has 4 nitrogen and oxygen atoms in total. The minimum atomic E-state index is 0.00796. The normalized spacial score (nSPS) is 14.8. The summed E-state index contributed by atoms with van der Waals surface area (Å²) in [6.45, 7) is 2.44. The van der Waals surface area contributed by atoms with Crippen LogP contribution in [-0.2, 0) is 9.59 Å². The van der Waals surface area contributed by atoms with Crippen LogP contribution in [0.2, 0.25) is 0 Å². The standard InChI is InChI=1S/C20H22N2O2S/c1-15(16-8-4-3-5-9-16)21(2)19(23)12-13-22-17-10-6-7-11-18(17)25-14-20(22)24/h3-11,15H,12-14H2,1-2H3. The molecule has 3 rings (SSSR count). The molecule has 25 heavy (non-hydrogen) atoms. The smallest absolute Gasteiger partial charge is 0.237 e. The molecule has 2 aromatic rings. The van der Waals surface area contributed by atoms with Crippen molar-refractivity contribution in [2.24, 2.45) is 0 Å². The number of para-hydroxylation sites is 1. The third kappa shape index (κ3) is 3.87. The van der Waals surface area contributed by atoms with Crippen molar-refractivity contribution >= 4 is 29.3 Å². The van der Waals surface area contributed by atoms with Crippen LogP contribution in [0.4, 0.5) is 5.69 Å². The number of rotatable bonds is 5. The minimum absolute atomic E-state index is 0.00796. The highest BCUT2D eigenvalue weighted by Gasteiger charge is 2.26. The molecule has 0 saturated heterocycles. The van der Waals surface area contributed by atoms with E-state index >= 15 is 0 Å². The molecule has 1 heterocycles. The molecule has 0 N–H and O–H groups in total. The summed E-state index contributed by atoms with van der Waals surface area (Å²) in [7, 11) is 1.82. The van der Waals surface area contributed by atoms with E-state index in [0.29, 0.717) is 18.7 Å². The van der Waals surface area contributed by atoms with Crippen LogP contribution < -0.4 is 4.90 Å². The van der Waals surface area contributed by atoms with E-state index in [1.807, 2.05) is 68.6 Å². The van der Waals surface area contributed by atoms with Gasteiger partial charge in [0.15, 0.2) is 0 Å². The van der Waals surface area contributed by atoms with E-state index in [-0.39, 0.29) is 17.9 Å². The van der Waals surface area contributed by atoms with Gasteiger partial charge in [0.2, 0.25) is 11.8 Å². The highest BCUT2D eigenvalue weighted by molar-refractivity contribution is 8.00. The van der Waals surface area contributed by atoms with Crippen LogP contribution >= 0.6 is 11.8 Å². The molecule has 1 unspecified atom stereocenters. The van der Waals surface area contributed by atoms with E-state index in [1.54, 1.807) is 21.6 Å². The fraction of sp³-hybridized carbons (Fsp3) is 0.300. The van der Waals surface area contributed by atoms with E-state index in [9.17, 15) is 9.59 Å².